The number of aromatic nitrogens is 1. The van der Waals surface area contributed by atoms with Gasteiger partial charge < -0.3 is 5.32 Å². The Bertz CT molecular complexity index is 384. The maximum absolute atomic E-state index is 11.5. The van der Waals surface area contributed by atoms with E-state index in [0.29, 0.717) is 5.56 Å². The summed E-state index contributed by atoms with van der Waals surface area (Å²) in [5, 5.41) is 2.89. The van der Waals surface area contributed by atoms with Crippen LogP contribution in [0.4, 0.5) is 0 Å². The van der Waals surface area contributed by atoms with E-state index in [1.165, 1.54) is 12.3 Å². The van der Waals surface area contributed by atoms with Crippen molar-refractivity contribution in [3.63, 3.8) is 0 Å². The summed E-state index contributed by atoms with van der Waals surface area (Å²) in [7, 11) is 0. The molecule has 0 saturated heterocycles. The van der Waals surface area contributed by atoms with E-state index in [1.54, 1.807) is 13.0 Å². The van der Waals surface area contributed by atoms with E-state index in [4.69, 9.17) is 18.0 Å². The number of nitrogens with zero attached hydrogens (tertiary/aromatic N) is 1. The molecule has 1 heterocycles. The molecule has 1 rings (SSSR count). The summed E-state index contributed by atoms with van der Waals surface area (Å²) in [6, 6.07) is 2.76. The monoisotopic (exact) mass is 208 g/mol. The summed E-state index contributed by atoms with van der Waals surface area (Å²) in [6.07, 6.45) is 6.60. The maximum Gasteiger partial charge on any atom is 0.252 e. The van der Waals surface area contributed by atoms with Gasteiger partial charge in [0.15, 0.2) is 0 Å². The van der Waals surface area contributed by atoms with Gasteiger partial charge >= 0.3 is 0 Å². The summed E-state index contributed by atoms with van der Waals surface area (Å²) in [5.41, 5.74) is 0.451. The molecule has 1 atom stereocenters. The zero-order valence-corrected chi connectivity index (χ0v) is 8.38. The van der Waals surface area contributed by atoms with Gasteiger partial charge in [0.05, 0.1) is 6.04 Å². The van der Waals surface area contributed by atoms with Gasteiger partial charge in [0.2, 0.25) is 0 Å². The van der Waals surface area contributed by atoms with Crippen molar-refractivity contribution in [2.24, 2.45) is 0 Å². The Morgan fingerprint density at radius 2 is 2.50 bits per heavy atom. The predicted molar refractivity (Wildman–Crippen MR) is 55.0 cm³/mol. The summed E-state index contributed by atoms with van der Waals surface area (Å²) in [6.45, 7) is 1.72. The van der Waals surface area contributed by atoms with Gasteiger partial charge in [-0.15, -0.1) is 6.42 Å². The Hall–Kier alpha value is -1.53. The van der Waals surface area contributed by atoms with Gasteiger partial charge in [-0.1, -0.05) is 17.5 Å². The van der Waals surface area contributed by atoms with Gasteiger partial charge in [-0.25, -0.2) is 4.98 Å². The van der Waals surface area contributed by atoms with Crippen molar-refractivity contribution in [1.82, 2.24) is 10.3 Å². The first-order chi connectivity index (χ1) is 6.63. The molecular weight excluding hydrogens is 200 g/mol. The van der Waals surface area contributed by atoms with Crippen LogP contribution in [-0.2, 0) is 0 Å². The van der Waals surface area contributed by atoms with E-state index in [-0.39, 0.29) is 17.1 Å². The average molecular weight is 209 g/mol. The molecule has 14 heavy (non-hydrogen) atoms. The normalized spacial score (nSPS) is 11.5. The maximum atomic E-state index is 11.5. The average Bonchev–Trinajstić information content (AvgIpc) is 2.17. The molecule has 1 N–H and O–H groups in total. The lowest BCUT2D eigenvalue weighted by atomic mass is 10.2. The topological polar surface area (TPSA) is 42.0 Å². The van der Waals surface area contributed by atoms with E-state index in [2.05, 4.69) is 16.2 Å². The Balaban J connectivity index is 2.76. The molecule has 0 fully saturated rings. The molecular formula is C10H9ClN2O. The van der Waals surface area contributed by atoms with Crippen LogP contribution in [0.2, 0.25) is 5.15 Å². The molecule has 0 bridgehead atoms. The molecule has 0 spiro atoms. The summed E-state index contributed by atoms with van der Waals surface area (Å²) in [4.78, 5) is 15.2. The first-order valence-electron chi connectivity index (χ1n) is 4.02. The van der Waals surface area contributed by atoms with Gasteiger partial charge in [-0.2, -0.15) is 0 Å². The van der Waals surface area contributed by atoms with Crippen LogP contribution in [0.25, 0.3) is 0 Å². The van der Waals surface area contributed by atoms with E-state index in [1.807, 2.05) is 0 Å². The van der Waals surface area contributed by atoms with Crippen molar-refractivity contribution in [3.05, 3.63) is 29.0 Å². The number of rotatable bonds is 2. The molecule has 0 aliphatic rings. The van der Waals surface area contributed by atoms with Gasteiger partial charge in [-0.3, -0.25) is 4.79 Å². The lowest BCUT2D eigenvalue weighted by molar-refractivity contribution is 0.0948. The predicted octanol–water partition coefficient (Wildman–Crippen LogP) is 1.49. The highest BCUT2D eigenvalue weighted by Crippen LogP contribution is 2.06. The lowest BCUT2D eigenvalue weighted by Gasteiger charge is -2.07. The van der Waals surface area contributed by atoms with Gasteiger partial charge in [0, 0.05) is 11.8 Å². The fraction of sp³-hybridized carbons (Fsp3) is 0.200. The largest absolute Gasteiger partial charge is 0.339 e. The van der Waals surface area contributed by atoms with Crippen molar-refractivity contribution in [3.8, 4) is 12.3 Å². The second-order valence-corrected chi connectivity index (χ2v) is 3.12. The molecule has 0 radical (unpaired) electrons. The van der Waals surface area contributed by atoms with Gasteiger partial charge in [-0.05, 0) is 19.1 Å². The second kappa shape index (κ2) is 4.64. The minimum absolute atomic E-state index is 0.250. The summed E-state index contributed by atoms with van der Waals surface area (Å²) >= 11 is 5.63. The first-order valence-corrected chi connectivity index (χ1v) is 4.40. The number of hydrogen-bond donors (Lipinski definition) is 1. The fourth-order valence-corrected chi connectivity index (χ4v) is 1.04. The minimum Gasteiger partial charge on any atom is -0.339 e. The number of nitrogens with one attached hydrogen (secondary N) is 1. The lowest BCUT2D eigenvalue weighted by Crippen LogP contribution is -2.31. The molecule has 72 valence electrons. The number of halogens is 1. The quantitative estimate of drug-likeness (QED) is 0.591. The second-order valence-electron chi connectivity index (χ2n) is 2.73. The molecule has 4 heteroatoms. The molecule has 1 aromatic heterocycles. The number of carbonyl (C=O) groups is 1. The number of hydrogen-bond acceptors (Lipinski definition) is 2. The van der Waals surface area contributed by atoms with Gasteiger partial charge in [0.1, 0.15) is 5.15 Å². The molecule has 1 amide bonds. The zero-order chi connectivity index (χ0) is 10.6. The third kappa shape index (κ3) is 2.75. The smallest absolute Gasteiger partial charge is 0.252 e. The highest BCUT2D eigenvalue weighted by Gasteiger charge is 2.07. The van der Waals surface area contributed by atoms with Crippen LogP contribution in [0, 0.1) is 12.3 Å². The summed E-state index contributed by atoms with van der Waals surface area (Å²) < 4.78 is 0. The highest BCUT2D eigenvalue weighted by molar-refractivity contribution is 6.29. The molecule has 1 unspecified atom stereocenters. The highest BCUT2D eigenvalue weighted by atomic mass is 35.5. The number of terminal acetylenes is 1. The fourth-order valence-electron chi connectivity index (χ4n) is 0.865. The van der Waals surface area contributed by atoms with Crippen molar-refractivity contribution in [2.75, 3.05) is 0 Å². The minimum atomic E-state index is -0.297. The van der Waals surface area contributed by atoms with E-state index < -0.39 is 0 Å². The summed E-state index contributed by atoms with van der Waals surface area (Å²) in [5.74, 6) is 2.15. The zero-order valence-electron chi connectivity index (χ0n) is 7.62. The molecule has 0 saturated carbocycles. The molecule has 0 aliphatic carbocycles. The number of amides is 1. The van der Waals surface area contributed by atoms with E-state index in [0.717, 1.165) is 0 Å². The third-order valence-corrected chi connectivity index (χ3v) is 1.79. The van der Waals surface area contributed by atoms with Crippen LogP contribution >= 0.6 is 11.6 Å². The van der Waals surface area contributed by atoms with Crippen molar-refractivity contribution >= 4 is 17.5 Å². The van der Waals surface area contributed by atoms with Crippen LogP contribution in [0.1, 0.15) is 17.3 Å². The SMILES string of the molecule is C#CC(C)NC(=O)c1ccnc(Cl)c1. The van der Waals surface area contributed by atoms with Crippen molar-refractivity contribution < 1.29 is 4.79 Å². The Morgan fingerprint density at radius 3 is 3.07 bits per heavy atom. The number of pyridine rings is 1. The van der Waals surface area contributed by atoms with Crippen molar-refractivity contribution in [1.29, 1.82) is 0 Å². The Labute approximate surface area is 87.5 Å². The van der Waals surface area contributed by atoms with Crippen LogP contribution in [0.5, 0.6) is 0 Å². The van der Waals surface area contributed by atoms with Crippen LogP contribution in [0.3, 0.4) is 0 Å². The van der Waals surface area contributed by atoms with Crippen molar-refractivity contribution in [2.45, 2.75) is 13.0 Å². The molecule has 0 aliphatic heterocycles. The molecule has 3 nitrogen and oxygen atoms in total. The molecule has 1 aromatic rings. The standard InChI is InChI=1S/C10H9ClN2O/c1-3-7(2)13-10(14)8-4-5-12-9(11)6-8/h1,4-7H,2H3,(H,13,14). The first kappa shape index (κ1) is 10.6. The van der Waals surface area contributed by atoms with Gasteiger partial charge in [0.25, 0.3) is 5.91 Å². The number of carbonyl (C=O) groups excluding carboxylic acids is 1. The van der Waals surface area contributed by atoms with E-state index >= 15 is 0 Å². The van der Waals surface area contributed by atoms with E-state index in [9.17, 15) is 4.79 Å². The van der Waals surface area contributed by atoms with Crippen LogP contribution in [0.15, 0.2) is 18.3 Å². The Kier molecular flexibility index (Phi) is 3.49. The van der Waals surface area contributed by atoms with Crippen LogP contribution < -0.4 is 5.32 Å². The Morgan fingerprint density at radius 1 is 1.79 bits per heavy atom. The third-order valence-electron chi connectivity index (χ3n) is 1.59. The van der Waals surface area contributed by atoms with Crippen LogP contribution in [-0.4, -0.2) is 16.9 Å². The molecule has 0 aromatic carbocycles.